The number of hydrogen-bond acceptors (Lipinski definition) is 4. The zero-order valence-electron chi connectivity index (χ0n) is 13.1. The molecule has 1 fully saturated rings. The van der Waals surface area contributed by atoms with Gasteiger partial charge in [0.1, 0.15) is 5.65 Å². The molecule has 4 heterocycles. The average molecular weight is 389 g/mol. The van der Waals surface area contributed by atoms with Crippen molar-refractivity contribution >= 4 is 27.5 Å². The molecule has 0 aromatic carbocycles. The molecule has 24 heavy (non-hydrogen) atoms. The normalized spacial score (nSPS) is 16.0. The van der Waals surface area contributed by atoms with Crippen molar-refractivity contribution in [3.63, 3.8) is 0 Å². The van der Waals surface area contributed by atoms with Crippen molar-refractivity contribution in [2.75, 3.05) is 26.2 Å². The Labute approximate surface area is 147 Å². The van der Waals surface area contributed by atoms with Gasteiger partial charge in [-0.05, 0) is 40.2 Å². The van der Waals surface area contributed by atoms with Crippen molar-refractivity contribution in [3.05, 3.63) is 58.8 Å². The Morgan fingerprint density at radius 3 is 2.75 bits per heavy atom. The maximum Gasteiger partial charge on any atom is 0.289 e. The van der Waals surface area contributed by atoms with Gasteiger partial charge in [-0.15, -0.1) is 0 Å². The van der Waals surface area contributed by atoms with Gasteiger partial charge >= 0.3 is 0 Å². The number of nitrogens with zero attached hydrogens (tertiary/aromatic N) is 4. The van der Waals surface area contributed by atoms with Crippen LogP contribution in [-0.2, 0) is 6.54 Å². The van der Waals surface area contributed by atoms with Gasteiger partial charge in [-0.2, -0.15) is 0 Å². The molecule has 0 bridgehead atoms. The van der Waals surface area contributed by atoms with Crippen LogP contribution < -0.4 is 0 Å². The maximum atomic E-state index is 12.4. The van der Waals surface area contributed by atoms with Gasteiger partial charge in [0, 0.05) is 38.9 Å². The molecule has 7 heteroatoms. The Balaban J connectivity index is 1.38. The van der Waals surface area contributed by atoms with Gasteiger partial charge in [0.2, 0.25) is 0 Å². The van der Waals surface area contributed by atoms with E-state index in [-0.39, 0.29) is 5.91 Å². The van der Waals surface area contributed by atoms with Gasteiger partial charge in [-0.1, -0.05) is 6.07 Å². The molecule has 0 N–H and O–H groups in total. The molecule has 6 nitrogen and oxygen atoms in total. The number of imidazole rings is 1. The molecular weight excluding hydrogens is 372 g/mol. The molecule has 0 aliphatic carbocycles. The monoisotopic (exact) mass is 388 g/mol. The van der Waals surface area contributed by atoms with E-state index >= 15 is 0 Å². The lowest BCUT2D eigenvalue weighted by molar-refractivity contribution is 0.0595. The number of carbonyl (C=O) groups is 1. The number of rotatable bonds is 3. The SMILES string of the molecule is O=C(c1ccc(Br)o1)N1CCN(Cc2cnc3ccccn23)CC1. The first-order valence-corrected chi connectivity index (χ1v) is 8.68. The topological polar surface area (TPSA) is 54.0 Å². The summed E-state index contributed by atoms with van der Waals surface area (Å²) in [6.45, 7) is 3.92. The molecule has 1 aliphatic heterocycles. The first kappa shape index (κ1) is 15.4. The molecule has 0 radical (unpaired) electrons. The van der Waals surface area contributed by atoms with Crippen molar-refractivity contribution < 1.29 is 9.21 Å². The number of carbonyl (C=O) groups excluding carboxylic acids is 1. The van der Waals surface area contributed by atoms with Gasteiger partial charge in [-0.25, -0.2) is 4.98 Å². The summed E-state index contributed by atoms with van der Waals surface area (Å²) in [7, 11) is 0. The second kappa shape index (κ2) is 6.41. The van der Waals surface area contributed by atoms with E-state index in [1.165, 1.54) is 5.69 Å². The highest BCUT2D eigenvalue weighted by Gasteiger charge is 2.24. The number of pyridine rings is 1. The van der Waals surface area contributed by atoms with Crippen LogP contribution in [0.4, 0.5) is 0 Å². The van der Waals surface area contributed by atoms with E-state index in [1.54, 1.807) is 12.1 Å². The molecule has 1 saturated heterocycles. The van der Waals surface area contributed by atoms with Crippen molar-refractivity contribution in [1.82, 2.24) is 19.2 Å². The standard InChI is InChI=1S/C17H17BrN4O2/c18-15-5-4-14(24-15)17(23)21-9-7-20(8-10-21)12-13-11-19-16-3-1-2-6-22(13)16/h1-6,11H,7-10,12H2. The number of aromatic nitrogens is 2. The maximum absolute atomic E-state index is 12.4. The molecule has 0 saturated carbocycles. The molecule has 1 aliphatic rings. The van der Waals surface area contributed by atoms with E-state index in [4.69, 9.17) is 4.42 Å². The highest BCUT2D eigenvalue weighted by atomic mass is 79.9. The molecule has 1 amide bonds. The fourth-order valence-electron chi connectivity index (χ4n) is 3.03. The van der Waals surface area contributed by atoms with E-state index < -0.39 is 0 Å². The third-order valence-electron chi connectivity index (χ3n) is 4.32. The summed E-state index contributed by atoms with van der Waals surface area (Å²) in [5.74, 6) is 0.340. The Hall–Kier alpha value is -2.12. The molecule has 3 aromatic rings. The van der Waals surface area contributed by atoms with Crippen LogP contribution >= 0.6 is 15.9 Å². The minimum Gasteiger partial charge on any atom is -0.444 e. The predicted octanol–water partition coefficient (Wildman–Crippen LogP) is 2.65. The number of piperazine rings is 1. The summed E-state index contributed by atoms with van der Waals surface area (Å²) >= 11 is 3.23. The Kier molecular flexibility index (Phi) is 4.12. The largest absolute Gasteiger partial charge is 0.444 e. The number of hydrogen-bond donors (Lipinski definition) is 0. The first-order valence-electron chi connectivity index (χ1n) is 7.88. The highest BCUT2D eigenvalue weighted by molar-refractivity contribution is 9.10. The molecule has 0 spiro atoms. The van der Waals surface area contributed by atoms with Crippen LogP contribution in [0.25, 0.3) is 5.65 Å². The summed E-state index contributed by atoms with van der Waals surface area (Å²) in [5, 5.41) is 0. The molecule has 124 valence electrons. The van der Waals surface area contributed by atoms with Gasteiger partial charge < -0.3 is 13.7 Å². The summed E-state index contributed by atoms with van der Waals surface area (Å²) in [6, 6.07) is 9.45. The minimum atomic E-state index is -0.0462. The second-order valence-electron chi connectivity index (χ2n) is 5.85. The number of halogens is 1. The van der Waals surface area contributed by atoms with E-state index in [9.17, 15) is 4.79 Å². The Morgan fingerprint density at radius 1 is 1.17 bits per heavy atom. The fourth-order valence-corrected chi connectivity index (χ4v) is 3.33. The lowest BCUT2D eigenvalue weighted by Crippen LogP contribution is -2.48. The van der Waals surface area contributed by atoms with Crippen LogP contribution in [0.15, 0.2) is 51.8 Å². The minimum absolute atomic E-state index is 0.0462. The molecular formula is C17H17BrN4O2. The summed E-state index contributed by atoms with van der Waals surface area (Å²) < 4.78 is 8.05. The van der Waals surface area contributed by atoms with Crippen LogP contribution in [0.2, 0.25) is 0 Å². The summed E-state index contributed by atoms with van der Waals surface area (Å²) in [6.07, 6.45) is 3.96. The van der Waals surface area contributed by atoms with Gasteiger partial charge in [0.15, 0.2) is 10.4 Å². The van der Waals surface area contributed by atoms with E-state index in [0.717, 1.165) is 25.3 Å². The van der Waals surface area contributed by atoms with Crippen molar-refractivity contribution in [3.8, 4) is 0 Å². The number of furan rings is 1. The van der Waals surface area contributed by atoms with Gasteiger partial charge in [-0.3, -0.25) is 9.69 Å². The molecule has 3 aromatic heterocycles. The molecule has 0 unspecified atom stereocenters. The number of fused-ring (bicyclic) bond motifs is 1. The molecule has 4 rings (SSSR count). The quantitative estimate of drug-likeness (QED) is 0.691. The van der Waals surface area contributed by atoms with Crippen LogP contribution in [0, 0.1) is 0 Å². The second-order valence-corrected chi connectivity index (χ2v) is 6.63. The van der Waals surface area contributed by atoms with Gasteiger partial charge in [0.05, 0.1) is 11.9 Å². The first-order chi connectivity index (χ1) is 11.7. The van der Waals surface area contributed by atoms with Gasteiger partial charge in [0.25, 0.3) is 5.91 Å². The third kappa shape index (κ3) is 2.97. The summed E-state index contributed by atoms with van der Waals surface area (Å²) in [4.78, 5) is 21.0. The van der Waals surface area contributed by atoms with E-state index in [0.29, 0.717) is 23.5 Å². The van der Waals surface area contributed by atoms with Crippen LogP contribution in [0.5, 0.6) is 0 Å². The van der Waals surface area contributed by atoms with Crippen molar-refractivity contribution in [2.24, 2.45) is 0 Å². The Morgan fingerprint density at radius 2 is 2.00 bits per heavy atom. The number of amides is 1. The van der Waals surface area contributed by atoms with Crippen molar-refractivity contribution in [1.29, 1.82) is 0 Å². The van der Waals surface area contributed by atoms with Crippen molar-refractivity contribution in [2.45, 2.75) is 6.54 Å². The fraction of sp³-hybridized carbons (Fsp3) is 0.294. The summed E-state index contributed by atoms with van der Waals surface area (Å²) in [5.41, 5.74) is 2.13. The van der Waals surface area contributed by atoms with Crippen LogP contribution in [-0.4, -0.2) is 51.3 Å². The lowest BCUT2D eigenvalue weighted by Gasteiger charge is -2.34. The smallest absolute Gasteiger partial charge is 0.289 e. The van der Waals surface area contributed by atoms with Crippen LogP contribution in [0.1, 0.15) is 16.2 Å². The third-order valence-corrected chi connectivity index (χ3v) is 4.75. The molecule has 0 atom stereocenters. The zero-order chi connectivity index (χ0) is 16.5. The van der Waals surface area contributed by atoms with Crippen LogP contribution in [0.3, 0.4) is 0 Å². The van der Waals surface area contributed by atoms with E-state index in [1.807, 2.05) is 35.5 Å². The average Bonchev–Trinajstić information content (AvgIpc) is 3.22. The Bertz CT molecular complexity index is 864. The lowest BCUT2D eigenvalue weighted by atomic mass is 10.2. The highest BCUT2D eigenvalue weighted by Crippen LogP contribution is 2.17. The predicted molar refractivity (Wildman–Crippen MR) is 92.8 cm³/mol. The van der Waals surface area contributed by atoms with E-state index in [2.05, 4.69) is 30.2 Å². The zero-order valence-corrected chi connectivity index (χ0v) is 14.6.